The molecule has 0 aliphatic heterocycles. The Morgan fingerprint density at radius 1 is 1.04 bits per heavy atom. The summed E-state index contributed by atoms with van der Waals surface area (Å²) in [6, 6.07) is 0. The maximum Gasteiger partial charge on any atom is 0.303 e. The Hall–Kier alpha value is -1.20. The molecular weight excluding hydrogens is 344 g/mol. The van der Waals surface area contributed by atoms with Crippen molar-refractivity contribution < 1.29 is 24.5 Å². The third-order valence-electron chi connectivity index (χ3n) is 5.39. The SMILES string of the molecule is CCCCCCCCCCCCCC[C@@H](OC(C)=O)[C@@]1(O)C(=O)C=C[C@H]1O. The second kappa shape index (κ2) is 13.1. The van der Waals surface area contributed by atoms with Crippen LogP contribution in [0.2, 0.25) is 0 Å². The maximum absolute atomic E-state index is 12.0. The number of ketones is 1. The number of esters is 1. The first-order valence-corrected chi connectivity index (χ1v) is 10.7. The van der Waals surface area contributed by atoms with Gasteiger partial charge in [0.05, 0.1) is 0 Å². The number of carbonyl (C=O) groups excluding carboxylic acids is 2. The van der Waals surface area contributed by atoms with E-state index >= 15 is 0 Å². The molecule has 27 heavy (non-hydrogen) atoms. The van der Waals surface area contributed by atoms with Crippen molar-refractivity contribution >= 4 is 11.8 Å². The molecule has 0 saturated heterocycles. The first kappa shape index (κ1) is 23.8. The van der Waals surface area contributed by atoms with Crippen molar-refractivity contribution in [3.05, 3.63) is 12.2 Å². The summed E-state index contributed by atoms with van der Waals surface area (Å²) >= 11 is 0. The molecule has 0 saturated carbocycles. The van der Waals surface area contributed by atoms with Gasteiger partial charge in [0, 0.05) is 6.92 Å². The predicted molar refractivity (Wildman–Crippen MR) is 106 cm³/mol. The van der Waals surface area contributed by atoms with Crippen LogP contribution >= 0.6 is 0 Å². The molecule has 0 bridgehead atoms. The minimum Gasteiger partial charge on any atom is -0.459 e. The van der Waals surface area contributed by atoms with E-state index in [2.05, 4.69) is 6.92 Å². The van der Waals surface area contributed by atoms with Crippen molar-refractivity contribution in [2.75, 3.05) is 0 Å². The number of carbonyl (C=O) groups is 2. The van der Waals surface area contributed by atoms with Crippen LogP contribution in [0.5, 0.6) is 0 Å². The van der Waals surface area contributed by atoms with Crippen molar-refractivity contribution in [2.24, 2.45) is 0 Å². The molecule has 0 heterocycles. The van der Waals surface area contributed by atoms with Crippen molar-refractivity contribution in [3.8, 4) is 0 Å². The Labute approximate surface area is 164 Å². The highest BCUT2D eigenvalue weighted by Gasteiger charge is 2.52. The second-order valence-corrected chi connectivity index (χ2v) is 7.77. The molecule has 0 unspecified atom stereocenters. The Morgan fingerprint density at radius 3 is 1.93 bits per heavy atom. The Bertz CT molecular complexity index is 473. The van der Waals surface area contributed by atoms with Gasteiger partial charge >= 0.3 is 5.97 Å². The van der Waals surface area contributed by atoms with Crippen molar-refractivity contribution in [2.45, 2.75) is 115 Å². The Morgan fingerprint density at radius 2 is 1.52 bits per heavy atom. The van der Waals surface area contributed by atoms with E-state index in [9.17, 15) is 19.8 Å². The number of ether oxygens (including phenoxy) is 1. The zero-order valence-corrected chi connectivity index (χ0v) is 17.1. The first-order valence-electron chi connectivity index (χ1n) is 10.7. The number of hydrogen-bond acceptors (Lipinski definition) is 5. The zero-order valence-electron chi connectivity index (χ0n) is 17.1. The number of aliphatic hydroxyl groups is 2. The van der Waals surface area contributed by atoms with E-state index in [1.54, 1.807) is 0 Å². The number of hydrogen-bond donors (Lipinski definition) is 2. The van der Waals surface area contributed by atoms with E-state index in [1.165, 1.54) is 70.8 Å². The summed E-state index contributed by atoms with van der Waals surface area (Å²) in [7, 11) is 0. The topological polar surface area (TPSA) is 83.8 Å². The van der Waals surface area contributed by atoms with Crippen molar-refractivity contribution in [1.29, 1.82) is 0 Å². The van der Waals surface area contributed by atoms with Gasteiger partial charge in [-0.1, -0.05) is 77.6 Å². The van der Waals surface area contributed by atoms with E-state index in [1.807, 2.05) is 0 Å². The fourth-order valence-corrected chi connectivity index (χ4v) is 3.69. The average Bonchev–Trinajstić information content (AvgIpc) is 2.89. The van der Waals surface area contributed by atoms with Gasteiger partial charge in [-0.15, -0.1) is 0 Å². The van der Waals surface area contributed by atoms with Gasteiger partial charge in [0.25, 0.3) is 0 Å². The van der Waals surface area contributed by atoms with E-state index in [0.717, 1.165) is 25.3 Å². The fraction of sp³-hybridized carbons (Fsp3) is 0.818. The molecule has 0 spiro atoms. The smallest absolute Gasteiger partial charge is 0.303 e. The summed E-state index contributed by atoms with van der Waals surface area (Å²) in [5, 5.41) is 20.5. The molecule has 1 aliphatic rings. The molecule has 156 valence electrons. The minimum absolute atomic E-state index is 0.373. The van der Waals surface area contributed by atoms with Gasteiger partial charge in [0.2, 0.25) is 0 Å². The summed E-state index contributed by atoms with van der Waals surface area (Å²) in [5.41, 5.74) is -2.04. The van der Waals surface area contributed by atoms with E-state index in [-0.39, 0.29) is 0 Å². The van der Waals surface area contributed by atoms with Crippen LogP contribution in [0, 0.1) is 0 Å². The van der Waals surface area contributed by atoms with Crippen LogP contribution in [0.15, 0.2) is 12.2 Å². The summed E-state index contributed by atoms with van der Waals surface area (Å²) in [5.74, 6) is -1.15. The quantitative estimate of drug-likeness (QED) is 0.327. The average molecular weight is 383 g/mol. The fourth-order valence-electron chi connectivity index (χ4n) is 3.69. The highest BCUT2D eigenvalue weighted by molar-refractivity contribution is 6.01. The summed E-state index contributed by atoms with van der Waals surface area (Å²) in [6.45, 7) is 3.48. The van der Waals surface area contributed by atoms with Crippen LogP contribution < -0.4 is 0 Å². The van der Waals surface area contributed by atoms with Crippen molar-refractivity contribution in [3.63, 3.8) is 0 Å². The van der Waals surface area contributed by atoms with Crippen molar-refractivity contribution in [1.82, 2.24) is 0 Å². The molecule has 3 atom stereocenters. The summed E-state index contributed by atoms with van der Waals surface area (Å²) < 4.78 is 5.17. The molecule has 2 N–H and O–H groups in total. The third kappa shape index (κ3) is 8.14. The molecule has 1 aliphatic carbocycles. The zero-order chi connectivity index (χ0) is 20.1. The van der Waals surface area contributed by atoms with Gasteiger partial charge in [0.1, 0.15) is 12.2 Å². The molecule has 0 aromatic heterocycles. The van der Waals surface area contributed by atoms with Gasteiger partial charge in [-0.3, -0.25) is 9.59 Å². The first-order chi connectivity index (χ1) is 12.9. The van der Waals surface area contributed by atoms with E-state index in [0.29, 0.717) is 6.42 Å². The normalized spacial score (nSPS) is 23.0. The van der Waals surface area contributed by atoms with E-state index < -0.39 is 29.6 Å². The molecule has 0 aromatic carbocycles. The lowest BCUT2D eigenvalue weighted by molar-refractivity contribution is -0.178. The van der Waals surface area contributed by atoms with Gasteiger partial charge < -0.3 is 14.9 Å². The molecule has 0 radical (unpaired) electrons. The largest absolute Gasteiger partial charge is 0.459 e. The monoisotopic (exact) mass is 382 g/mol. The second-order valence-electron chi connectivity index (χ2n) is 7.77. The minimum atomic E-state index is -2.04. The molecule has 5 heteroatoms. The Kier molecular flexibility index (Phi) is 11.5. The number of unbranched alkanes of at least 4 members (excludes halogenated alkanes) is 11. The van der Waals surface area contributed by atoms with Crippen LogP contribution in [0.4, 0.5) is 0 Å². The number of aliphatic hydroxyl groups excluding tert-OH is 1. The van der Waals surface area contributed by atoms with Crippen LogP contribution in [0.25, 0.3) is 0 Å². The van der Waals surface area contributed by atoms with Gasteiger partial charge in [0.15, 0.2) is 11.4 Å². The standard InChI is InChI=1S/C22H38O5/c1-3-4-5-6-7-8-9-10-11-12-13-14-15-21(27-18(2)23)22(26)19(24)16-17-20(22)25/h16-17,19,21,24,26H,3-15H2,1-2H3/t19-,21-,22+/m1/s1. The van der Waals surface area contributed by atoms with Gasteiger partial charge in [-0.25, -0.2) is 0 Å². The highest BCUT2D eigenvalue weighted by Crippen LogP contribution is 2.30. The van der Waals surface area contributed by atoms with Crippen LogP contribution in [0.3, 0.4) is 0 Å². The lowest BCUT2D eigenvalue weighted by atomic mass is 9.87. The Balaban J connectivity index is 2.18. The molecule has 5 nitrogen and oxygen atoms in total. The maximum atomic E-state index is 12.0. The third-order valence-corrected chi connectivity index (χ3v) is 5.39. The van der Waals surface area contributed by atoms with Gasteiger partial charge in [-0.2, -0.15) is 0 Å². The predicted octanol–water partition coefficient (Wildman–Crippen LogP) is 4.24. The lowest BCUT2D eigenvalue weighted by Crippen LogP contribution is -2.55. The summed E-state index contributed by atoms with van der Waals surface area (Å²) in [4.78, 5) is 23.3. The lowest BCUT2D eigenvalue weighted by Gasteiger charge is -2.33. The van der Waals surface area contributed by atoms with Crippen LogP contribution in [0.1, 0.15) is 97.3 Å². The molecular formula is C22H38O5. The van der Waals surface area contributed by atoms with E-state index in [4.69, 9.17) is 4.74 Å². The molecule has 0 aromatic rings. The number of rotatable bonds is 15. The highest BCUT2D eigenvalue weighted by atomic mass is 16.6. The molecule has 0 amide bonds. The molecule has 1 rings (SSSR count). The van der Waals surface area contributed by atoms with Gasteiger partial charge in [-0.05, 0) is 25.0 Å². The summed E-state index contributed by atoms with van der Waals surface area (Å²) in [6.07, 6.45) is 15.0. The van der Waals surface area contributed by atoms with Crippen LogP contribution in [-0.4, -0.2) is 39.8 Å². The molecule has 0 fully saturated rings. The van der Waals surface area contributed by atoms with Crippen LogP contribution in [-0.2, 0) is 14.3 Å².